The van der Waals surface area contributed by atoms with Crippen LogP contribution in [0, 0.1) is 11.8 Å². The normalized spacial score (nSPS) is 21.4. The van der Waals surface area contributed by atoms with Crippen molar-refractivity contribution in [3.05, 3.63) is 18.2 Å². The molecular weight excluding hydrogens is 348 g/mol. The van der Waals surface area contributed by atoms with Crippen LogP contribution in [0.2, 0.25) is 0 Å². The summed E-state index contributed by atoms with van der Waals surface area (Å²) in [7, 11) is 0. The number of fused-ring (bicyclic) bond motifs is 1. The maximum absolute atomic E-state index is 12.4. The highest BCUT2D eigenvalue weighted by atomic mass is 16.6. The first-order valence-corrected chi connectivity index (χ1v) is 9.76. The van der Waals surface area contributed by atoms with Gasteiger partial charge in [-0.1, -0.05) is 0 Å². The summed E-state index contributed by atoms with van der Waals surface area (Å²) in [5.74, 6) is 1.67. The van der Waals surface area contributed by atoms with Gasteiger partial charge in [-0.2, -0.15) is 0 Å². The van der Waals surface area contributed by atoms with Crippen molar-refractivity contribution in [1.82, 2.24) is 5.32 Å². The van der Waals surface area contributed by atoms with Gasteiger partial charge in [0.25, 0.3) is 0 Å². The number of carbonyl (C=O) groups excluding carboxylic acids is 2. The maximum Gasteiger partial charge on any atom is 0.227 e. The predicted molar refractivity (Wildman–Crippen MR) is 99.1 cm³/mol. The average Bonchev–Trinajstić information content (AvgIpc) is 3.43. The molecule has 1 aliphatic carbocycles. The largest absolute Gasteiger partial charge is 0.486 e. The number of nitrogens with one attached hydrogen (secondary N) is 1. The molecule has 1 N–H and O–H groups in total. The van der Waals surface area contributed by atoms with Crippen molar-refractivity contribution in [2.75, 3.05) is 44.4 Å². The fraction of sp³-hybridized carbons (Fsp3) is 0.600. The van der Waals surface area contributed by atoms with Gasteiger partial charge in [-0.3, -0.25) is 9.59 Å². The molecule has 2 fully saturated rings. The molecule has 7 heteroatoms. The van der Waals surface area contributed by atoms with Gasteiger partial charge in [0, 0.05) is 44.5 Å². The third-order valence-corrected chi connectivity index (χ3v) is 5.15. The van der Waals surface area contributed by atoms with E-state index in [4.69, 9.17) is 14.2 Å². The molecule has 27 heavy (non-hydrogen) atoms. The molecule has 1 aromatic carbocycles. The Kier molecular flexibility index (Phi) is 5.48. The first-order chi connectivity index (χ1) is 13.2. The highest BCUT2D eigenvalue weighted by molar-refractivity contribution is 6.00. The van der Waals surface area contributed by atoms with Crippen LogP contribution in [-0.4, -0.2) is 51.3 Å². The molecule has 1 saturated heterocycles. The second-order valence-corrected chi connectivity index (χ2v) is 7.40. The Morgan fingerprint density at radius 1 is 1.22 bits per heavy atom. The highest BCUT2D eigenvalue weighted by Gasteiger charge is 2.35. The van der Waals surface area contributed by atoms with E-state index < -0.39 is 0 Å². The zero-order valence-electron chi connectivity index (χ0n) is 15.4. The number of nitrogens with zero attached hydrogens (tertiary/aromatic N) is 1. The van der Waals surface area contributed by atoms with Crippen LogP contribution < -0.4 is 19.7 Å². The molecule has 0 radical (unpaired) electrons. The van der Waals surface area contributed by atoms with Crippen LogP contribution in [0.3, 0.4) is 0 Å². The molecule has 0 spiro atoms. The minimum Gasteiger partial charge on any atom is -0.486 e. The van der Waals surface area contributed by atoms with Crippen LogP contribution >= 0.6 is 0 Å². The van der Waals surface area contributed by atoms with Gasteiger partial charge in [0.2, 0.25) is 11.8 Å². The van der Waals surface area contributed by atoms with Crippen molar-refractivity contribution >= 4 is 17.5 Å². The lowest BCUT2D eigenvalue weighted by Crippen LogP contribution is -2.34. The van der Waals surface area contributed by atoms with Crippen molar-refractivity contribution in [2.45, 2.75) is 25.7 Å². The third kappa shape index (κ3) is 4.53. The monoisotopic (exact) mass is 374 g/mol. The summed E-state index contributed by atoms with van der Waals surface area (Å²) < 4.78 is 16.7. The molecule has 7 nitrogen and oxygen atoms in total. The zero-order valence-corrected chi connectivity index (χ0v) is 15.4. The fourth-order valence-electron chi connectivity index (χ4n) is 3.40. The van der Waals surface area contributed by atoms with E-state index in [1.165, 1.54) is 12.8 Å². The van der Waals surface area contributed by atoms with Crippen LogP contribution in [0.15, 0.2) is 18.2 Å². The summed E-state index contributed by atoms with van der Waals surface area (Å²) in [4.78, 5) is 26.4. The molecule has 3 aliphatic rings. The van der Waals surface area contributed by atoms with Crippen LogP contribution in [0.25, 0.3) is 0 Å². The van der Waals surface area contributed by atoms with Gasteiger partial charge < -0.3 is 24.4 Å². The van der Waals surface area contributed by atoms with Crippen molar-refractivity contribution in [1.29, 1.82) is 0 Å². The van der Waals surface area contributed by atoms with Crippen molar-refractivity contribution in [3.8, 4) is 11.5 Å². The summed E-state index contributed by atoms with van der Waals surface area (Å²) in [5, 5.41) is 2.93. The Hall–Kier alpha value is -2.28. The molecule has 0 bridgehead atoms. The van der Waals surface area contributed by atoms with Gasteiger partial charge in [0.15, 0.2) is 11.5 Å². The Morgan fingerprint density at radius 3 is 2.85 bits per heavy atom. The van der Waals surface area contributed by atoms with Crippen molar-refractivity contribution < 1.29 is 23.8 Å². The molecular formula is C20H26N2O5. The SMILES string of the molecule is O=C(NCCCOCC1CC1)C1CC(=O)N(c2ccc3c(c2)OCCO3)C1. The summed E-state index contributed by atoms with van der Waals surface area (Å²) >= 11 is 0. The van der Waals surface area contributed by atoms with Crippen LogP contribution in [0.4, 0.5) is 5.69 Å². The number of amides is 2. The van der Waals surface area contributed by atoms with E-state index in [2.05, 4.69) is 5.32 Å². The number of hydrogen-bond donors (Lipinski definition) is 1. The molecule has 146 valence electrons. The first-order valence-electron chi connectivity index (χ1n) is 9.76. The van der Waals surface area contributed by atoms with Gasteiger partial charge in [-0.05, 0) is 37.3 Å². The first kappa shape index (κ1) is 18.1. The van der Waals surface area contributed by atoms with Gasteiger partial charge in [-0.15, -0.1) is 0 Å². The predicted octanol–water partition coefficient (Wildman–Crippen LogP) is 1.74. The molecule has 1 saturated carbocycles. The molecule has 0 aromatic heterocycles. The van der Waals surface area contributed by atoms with Crippen molar-refractivity contribution in [3.63, 3.8) is 0 Å². The van der Waals surface area contributed by atoms with Gasteiger partial charge in [0.05, 0.1) is 5.92 Å². The van der Waals surface area contributed by atoms with Crippen molar-refractivity contribution in [2.24, 2.45) is 11.8 Å². The second kappa shape index (κ2) is 8.17. The molecule has 1 atom stereocenters. The number of rotatable bonds is 8. The standard InChI is InChI=1S/C20H26N2O5/c23-19-10-15(20(24)21-6-1-7-25-13-14-2-3-14)12-22(19)16-4-5-17-18(11-16)27-9-8-26-17/h4-5,11,14-15H,1-3,6-10,12-13H2,(H,21,24). The Balaban J connectivity index is 1.25. The van der Waals surface area contributed by atoms with E-state index in [0.717, 1.165) is 24.6 Å². The molecule has 1 unspecified atom stereocenters. The lowest BCUT2D eigenvalue weighted by Gasteiger charge is -2.22. The molecule has 1 aromatic rings. The van der Waals surface area contributed by atoms with Gasteiger partial charge in [-0.25, -0.2) is 0 Å². The Labute approximate surface area is 158 Å². The zero-order chi connectivity index (χ0) is 18.6. The smallest absolute Gasteiger partial charge is 0.227 e. The van der Waals surface area contributed by atoms with Gasteiger partial charge >= 0.3 is 0 Å². The van der Waals surface area contributed by atoms with E-state index in [-0.39, 0.29) is 24.2 Å². The average molecular weight is 374 g/mol. The van der Waals surface area contributed by atoms with E-state index >= 15 is 0 Å². The van der Waals surface area contributed by atoms with Crippen LogP contribution in [0.5, 0.6) is 11.5 Å². The van der Waals surface area contributed by atoms with E-state index in [9.17, 15) is 9.59 Å². The number of carbonyl (C=O) groups is 2. The second-order valence-electron chi connectivity index (χ2n) is 7.40. The Morgan fingerprint density at radius 2 is 2.04 bits per heavy atom. The summed E-state index contributed by atoms with van der Waals surface area (Å²) in [5.41, 5.74) is 0.744. The van der Waals surface area contributed by atoms with E-state index in [1.807, 2.05) is 18.2 Å². The fourth-order valence-corrected chi connectivity index (χ4v) is 3.40. The number of anilines is 1. The molecule has 4 rings (SSSR count). The van der Waals surface area contributed by atoms with E-state index in [0.29, 0.717) is 44.4 Å². The molecule has 2 aliphatic heterocycles. The number of hydrogen-bond acceptors (Lipinski definition) is 5. The minimum atomic E-state index is -0.321. The van der Waals surface area contributed by atoms with Crippen LogP contribution in [-0.2, 0) is 14.3 Å². The maximum atomic E-state index is 12.4. The van der Waals surface area contributed by atoms with Crippen LogP contribution in [0.1, 0.15) is 25.7 Å². The highest BCUT2D eigenvalue weighted by Crippen LogP contribution is 2.36. The number of ether oxygens (including phenoxy) is 3. The summed E-state index contributed by atoms with van der Waals surface area (Å²) in [6, 6.07) is 5.46. The number of benzene rings is 1. The minimum absolute atomic E-state index is 0.0420. The lowest BCUT2D eigenvalue weighted by atomic mass is 10.1. The summed E-state index contributed by atoms with van der Waals surface area (Å²) in [6.07, 6.45) is 3.60. The Bertz CT molecular complexity index is 704. The third-order valence-electron chi connectivity index (χ3n) is 5.15. The van der Waals surface area contributed by atoms with E-state index in [1.54, 1.807) is 4.90 Å². The topological polar surface area (TPSA) is 77.1 Å². The molecule has 2 amide bonds. The molecule has 2 heterocycles. The summed E-state index contributed by atoms with van der Waals surface area (Å²) in [6.45, 7) is 3.52. The lowest BCUT2D eigenvalue weighted by molar-refractivity contribution is -0.126. The van der Waals surface area contributed by atoms with Gasteiger partial charge in [0.1, 0.15) is 13.2 Å². The quantitative estimate of drug-likeness (QED) is 0.702.